The number of aromatic nitrogens is 2. The predicted molar refractivity (Wildman–Crippen MR) is 70.8 cm³/mol. The lowest BCUT2D eigenvalue weighted by molar-refractivity contribution is 0.266. The van der Waals surface area contributed by atoms with Crippen LogP contribution in [-0.4, -0.2) is 16.1 Å². The van der Waals surface area contributed by atoms with E-state index >= 15 is 0 Å². The Hall–Kier alpha value is -0.830. The molecule has 1 N–H and O–H groups in total. The molecule has 0 spiro atoms. The van der Waals surface area contributed by atoms with Crippen molar-refractivity contribution in [3.8, 4) is 0 Å². The molecule has 0 bridgehead atoms. The third-order valence-electron chi connectivity index (χ3n) is 4.34. The van der Waals surface area contributed by atoms with E-state index in [0.717, 1.165) is 25.5 Å². The molecule has 2 rings (SSSR count). The van der Waals surface area contributed by atoms with Gasteiger partial charge in [-0.25, -0.2) is 4.98 Å². The van der Waals surface area contributed by atoms with Crippen molar-refractivity contribution >= 4 is 0 Å². The van der Waals surface area contributed by atoms with Crippen LogP contribution in [0.1, 0.15) is 51.8 Å². The van der Waals surface area contributed by atoms with Crippen LogP contribution in [0.25, 0.3) is 0 Å². The van der Waals surface area contributed by atoms with Crippen LogP contribution in [0.3, 0.4) is 0 Å². The first-order chi connectivity index (χ1) is 8.29. The summed E-state index contributed by atoms with van der Waals surface area (Å²) >= 11 is 0. The van der Waals surface area contributed by atoms with Crippen molar-refractivity contribution in [2.45, 2.75) is 59.0 Å². The molecule has 0 unspecified atom stereocenters. The maximum absolute atomic E-state index is 4.40. The Kier molecular flexibility index (Phi) is 4.21. The molecular formula is C14H25N3. The molecule has 1 aliphatic rings. The Morgan fingerprint density at radius 2 is 2.12 bits per heavy atom. The van der Waals surface area contributed by atoms with Gasteiger partial charge in [-0.1, -0.05) is 19.8 Å². The van der Waals surface area contributed by atoms with E-state index in [-0.39, 0.29) is 0 Å². The van der Waals surface area contributed by atoms with E-state index in [4.69, 9.17) is 0 Å². The zero-order valence-electron chi connectivity index (χ0n) is 11.2. The Balaban J connectivity index is 1.82. The van der Waals surface area contributed by atoms with Crippen LogP contribution >= 0.6 is 0 Å². The number of rotatable bonds is 6. The van der Waals surface area contributed by atoms with Crippen molar-refractivity contribution in [1.29, 1.82) is 0 Å². The van der Waals surface area contributed by atoms with Gasteiger partial charge in [0.15, 0.2) is 0 Å². The highest BCUT2D eigenvalue weighted by Crippen LogP contribution is 2.40. The third kappa shape index (κ3) is 2.89. The lowest BCUT2D eigenvalue weighted by Gasteiger charge is -2.27. The summed E-state index contributed by atoms with van der Waals surface area (Å²) in [4.78, 5) is 4.40. The maximum Gasteiger partial charge on any atom is 0.122 e. The first kappa shape index (κ1) is 12.6. The fourth-order valence-corrected chi connectivity index (χ4v) is 3.01. The molecule has 0 amide bonds. The smallest absolute Gasteiger partial charge is 0.122 e. The van der Waals surface area contributed by atoms with Crippen LogP contribution in [0.2, 0.25) is 0 Å². The number of hydrogen-bond acceptors (Lipinski definition) is 2. The molecule has 1 aliphatic carbocycles. The molecule has 0 aromatic carbocycles. The monoisotopic (exact) mass is 235 g/mol. The van der Waals surface area contributed by atoms with Crippen LogP contribution < -0.4 is 5.32 Å². The van der Waals surface area contributed by atoms with E-state index in [1.54, 1.807) is 0 Å². The van der Waals surface area contributed by atoms with Crippen molar-refractivity contribution in [2.75, 3.05) is 6.54 Å². The SMILES string of the molecule is CCn1ccnc1CNCC1(CC)CCCC1. The molecule has 3 heteroatoms. The van der Waals surface area contributed by atoms with Crippen LogP contribution in [0.4, 0.5) is 0 Å². The second kappa shape index (κ2) is 5.67. The van der Waals surface area contributed by atoms with E-state index in [0.29, 0.717) is 5.41 Å². The van der Waals surface area contributed by atoms with E-state index < -0.39 is 0 Å². The molecule has 0 aliphatic heterocycles. The van der Waals surface area contributed by atoms with Crippen molar-refractivity contribution in [3.05, 3.63) is 18.2 Å². The predicted octanol–water partition coefficient (Wildman–Crippen LogP) is 2.96. The Morgan fingerprint density at radius 3 is 2.76 bits per heavy atom. The molecule has 96 valence electrons. The minimum Gasteiger partial charge on any atom is -0.334 e. The van der Waals surface area contributed by atoms with Gasteiger partial charge in [0.05, 0.1) is 6.54 Å². The molecule has 0 radical (unpaired) electrons. The molecular weight excluding hydrogens is 210 g/mol. The maximum atomic E-state index is 4.40. The molecule has 17 heavy (non-hydrogen) atoms. The van der Waals surface area contributed by atoms with Gasteiger partial charge in [-0.2, -0.15) is 0 Å². The van der Waals surface area contributed by atoms with Crippen molar-refractivity contribution in [2.24, 2.45) is 5.41 Å². The first-order valence-electron chi connectivity index (χ1n) is 7.00. The largest absolute Gasteiger partial charge is 0.334 e. The molecule has 1 heterocycles. The first-order valence-corrected chi connectivity index (χ1v) is 7.00. The summed E-state index contributed by atoms with van der Waals surface area (Å²) in [7, 11) is 0. The zero-order chi connectivity index (χ0) is 12.1. The summed E-state index contributed by atoms with van der Waals surface area (Å²) in [5.41, 5.74) is 0.573. The molecule has 0 atom stereocenters. The van der Waals surface area contributed by atoms with Gasteiger partial charge in [-0.15, -0.1) is 0 Å². The minimum atomic E-state index is 0.573. The molecule has 1 saturated carbocycles. The summed E-state index contributed by atoms with van der Waals surface area (Å²) in [6, 6.07) is 0. The summed E-state index contributed by atoms with van der Waals surface area (Å²) in [5.74, 6) is 1.16. The summed E-state index contributed by atoms with van der Waals surface area (Å²) < 4.78 is 2.21. The Morgan fingerprint density at radius 1 is 1.35 bits per heavy atom. The average molecular weight is 235 g/mol. The summed E-state index contributed by atoms with van der Waals surface area (Å²) in [6.45, 7) is 7.56. The minimum absolute atomic E-state index is 0.573. The number of nitrogens with zero attached hydrogens (tertiary/aromatic N) is 2. The molecule has 1 aromatic rings. The highest BCUT2D eigenvalue weighted by Gasteiger charge is 2.31. The van der Waals surface area contributed by atoms with Crippen molar-refractivity contribution in [3.63, 3.8) is 0 Å². The van der Waals surface area contributed by atoms with Gasteiger partial charge in [0.2, 0.25) is 0 Å². The highest BCUT2D eigenvalue weighted by atomic mass is 15.1. The van der Waals surface area contributed by atoms with Crippen molar-refractivity contribution < 1.29 is 0 Å². The molecule has 1 aromatic heterocycles. The van der Waals surface area contributed by atoms with Gasteiger partial charge < -0.3 is 9.88 Å². The van der Waals surface area contributed by atoms with Crippen LogP contribution in [0.5, 0.6) is 0 Å². The number of nitrogens with one attached hydrogen (secondary N) is 1. The van der Waals surface area contributed by atoms with Gasteiger partial charge in [0.25, 0.3) is 0 Å². The van der Waals surface area contributed by atoms with Crippen LogP contribution in [0, 0.1) is 5.41 Å². The van der Waals surface area contributed by atoms with E-state index in [1.165, 1.54) is 32.1 Å². The second-order valence-electron chi connectivity index (χ2n) is 5.29. The van der Waals surface area contributed by atoms with E-state index in [9.17, 15) is 0 Å². The van der Waals surface area contributed by atoms with Gasteiger partial charge in [0.1, 0.15) is 5.82 Å². The Bertz CT molecular complexity index is 337. The number of aryl methyl sites for hydroxylation is 1. The second-order valence-corrected chi connectivity index (χ2v) is 5.29. The highest BCUT2D eigenvalue weighted by molar-refractivity contribution is 4.93. The van der Waals surface area contributed by atoms with Crippen molar-refractivity contribution in [1.82, 2.24) is 14.9 Å². The average Bonchev–Trinajstić information content (AvgIpc) is 2.98. The van der Waals surface area contributed by atoms with Gasteiger partial charge >= 0.3 is 0 Å². The fraction of sp³-hybridized carbons (Fsp3) is 0.786. The summed E-state index contributed by atoms with van der Waals surface area (Å²) in [5, 5.41) is 3.61. The van der Waals surface area contributed by atoms with Gasteiger partial charge in [-0.05, 0) is 31.6 Å². The third-order valence-corrected chi connectivity index (χ3v) is 4.34. The lowest BCUT2D eigenvalue weighted by Crippen LogP contribution is -2.32. The number of imidazole rings is 1. The van der Waals surface area contributed by atoms with Gasteiger partial charge in [0, 0.05) is 25.5 Å². The zero-order valence-corrected chi connectivity index (χ0v) is 11.2. The fourth-order valence-electron chi connectivity index (χ4n) is 3.01. The normalized spacial score (nSPS) is 18.7. The van der Waals surface area contributed by atoms with Crippen LogP contribution in [-0.2, 0) is 13.1 Å². The van der Waals surface area contributed by atoms with Crippen LogP contribution in [0.15, 0.2) is 12.4 Å². The Labute approximate surface area is 105 Å². The number of hydrogen-bond donors (Lipinski definition) is 1. The van der Waals surface area contributed by atoms with E-state index in [2.05, 4.69) is 34.9 Å². The lowest BCUT2D eigenvalue weighted by atomic mass is 9.83. The quantitative estimate of drug-likeness (QED) is 0.821. The molecule has 3 nitrogen and oxygen atoms in total. The molecule has 0 saturated heterocycles. The van der Waals surface area contributed by atoms with E-state index in [1.807, 2.05) is 6.20 Å². The topological polar surface area (TPSA) is 29.9 Å². The van der Waals surface area contributed by atoms with Gasteiger partial charge in [-0.3, -0.25) is 0 Å². The summed E-state index contributed by atoms with van der Waals surface area (Å²) in [6.07, 6.45) is 10.9. The molecule has 1 fully saturated rings. The standard InChI is InChI=1S/C14H25N3/c1-3-14(7-5-6-8-14)12-15-11-13-16-9-10-17(13)4-2/h9-10,15H,3-8,11-12H2,1-2H3.